The third-order valence-electron chi connectivity index (χ3n) is 2.38. The molecule has 0 N–H and O–H groups in total. The summed E-state index contributed by atoms with van der Waals surface area (Å²) in [4.78, 5) is 10.2. The smallest absolute Gasteiger partial charge is 0.103 e. The molecule has 0 unspecified atom stereocenters. The normalized spacial score (nSPS) is 24.6. The second-order valence-electron chi connectivity index (χ2n) is 2.90. The van der Waals surface area contributed by atoms with E-state index in [0.29, 0.717) is 0 Å². The summed E-state index contributed by atoms with van der Waals surface area (Å²) in [5, 5.41) is 0. The summed E-state index contributed by atoms with van der Waals surface area (Å²) in [5.74, 6) is 0. The number of rotatable bonds is 2. The Hall–Kier alpha value is -0.0800. The van der Waals surface area contributed by atoms with Crippen LogP contribution in [0, 0.1) is 0 Å². The van der Waals surface area contributed by atoms with Gasteiger partial charge in [0, 0.05) is 0 Å². The Labute approximate surface area is 62.4 Å². The van der Waals surface area contributed by atoms with Crippen molar-refractivity contribution in [3.8, 4) is 0 Å². The Bertz CT molecular complexity index is 89.4. The third-order valence-corrected chi connectivity index (χ3v) is 2.38. The average molecular weight is 144 g/mol. The van der Waals surface area contributed by atoms with E-state index in [2.05, 4.69) is 13.8 Å². The van der Waals surface area contributed by atoms with Gasteiger partial charge < -0.3 is 0 Å². The van der Waals surface area contributed by atoms with E-state index in [-0.39, 0.29) is 5.60 Å². The summed E-state index contributed by atoms with van der Waals surface area (Å²) in [6, 6.07) is 0. The van der Waals surface area contributed by atoms with Crippen molar-refractivity contribution in [2.45, 2.75) is 45.1 Å². The first-order valence-corrected chi connectivity index (χ1v) is 4.13. The Morgan fingerprint density at radius 3 is 2.30 bits per heavy atom. The number of hydrogen-bond donors (Lipinski definition) is 0. The van der Waals surface area contributed by atoms with E-state index < -0.39 is 0 Å². The van der Waals surface area contributed by atoms with Crippen molar-refractivity contribution < 1.29 is 9.78 Å². The van der Waals surface area contributed by atoms with Gasteiger partial charge in [-0.2, -0.15) is 0 Å². The monoisotopic (exact) mass is 144 g/mol. The molecule has 0 saturated carbocycles. The molecule has 0 aliphatic carbocycles. The highest BCUT2D eigenvalue weighted by Gasteiger charge is 2.30. The molecule has 1 saturated heterocycles. The van der Waals surface area contributed by atoms with Crippen LogP contribution in [0.25, 0.3) is 0 Å². The van der Waals surface area contributed by atoms with Gasteiger partial charge in [0.15, 0.2) is 0 Å². The van der Waals surface area contributed by atoms with Crippen LogP contribution < -0.4 is 0 Å². The fourth-order valence-electron chi connectivity index (χ4n) is 1.38. The first kappa shape index (κ1) is 8.02. The molecule has 1 aliphatic heterocycles. The van der Waals surface area contributed by atoms with Crippen LogP contribution in [0.5, 0.6) is 0 Å². The molecule has 10 heavy (non-hydrogen) atoms. The van der Waals surface area contributed by atoms with Crippen LogP contribution in [0.3, 0.4) is 0 Å². The molecular formula is C8H16O2. The molecule has 0 spiro atoms. The minimum absolute atomic E-state index is 0.0399. The summed E-state index contributed by atoms with van der Waals surface area (Å²) < 4.78 is 0. The number of hydrogen-bond acceptors (Lipinski definition) is 2. The predicted molar refractivity (Wildman–Crippen MR) is 39.6 cm³/mol. The molecule has 0 amide bonds. The van der Waals surface area contributed by atoms with Crippen LogP contribution in [-0.2, 0) is 9.78 Å². The average Bonchev–Trinajstić information content (AvgIpc) is 2.06. The molecule has 1 fully saturated rings. The van der Waals surface area contributed by atoms with E-state index in [1.165, 1.54) is 0 Å². The van der Waals surface area contributed by atoms with E-state index in [1.54, 1.807) is 0 Å². The Morgan fingerprint density at radius 2 is 2.00 bits per heavy atom. The Kier molecular flexibility index (Phi) is 2.69. The van der Waals surface area contributed by atoms with Crippen LogP contribution in [0.4, 0.5) is 0 Å². The van der Waals surface area contributed by atoms with Crippen molar-refractivity contribution in [2.75, 3.05) is 6.61 Å². The van der Waals surface area contributed by atoms with Gasteiger partial charge in [0.25, 0.3) is 0 Å². The molecule has 60 valence electrons. The minimum Gasteiger partial charge on any atom is -0.236 e. The van der Waals surface area contributed by atoms with E-state index in [9.17, 15) is 0 Å². The van der Waals surface area contributed by atoms with Gasteiger partial charge in [0.1, 0.15) is 5.60 Å². The van der Waals surface area contributed by atoms with Crippen LogP contribution in [-0.4, -0.2) is 12.2 Å². The van der Waals surface area contributed by atoms with Crippen molar-refractivity contribution in [3.63, 3.8) is 0 Å². The molecule has 0 atom stereocenters. The lowest BCUT2D eigenvalue weighted by atomic mass is 9.91. The van der Waals surface area contributed by atoms with Crippen LogP contribution in [0.15, 0.2) is 0 Å². The molecule has 0 aromatic carbocycles. The first-order chi connectivity index (χ1) is 4.83. The predicted octanol–water partition coefficient (Wildman–Crippen LogP) is 2.29. The molecule has 0 aromatic rings. The van der Waals surface area contributed by atoms with Crippen molar-refractivity contribution >= 4 is 0 Å². The van der Waals surface area contributed by atoms with Crippen molar-refractivity contribution in [1.29, 1.82) is 0 Å². The van der Waals surface area contributed by atoms with Crippen molar-refractivity contribution in [1.82, 2.24) is 0 Å². The molecule has 0 radical (unpaired) electrons. The highest BCUT2D eigenvalue weighted by atomic mass is 17.2. The van der Waals surface area contributed by atoms with Gasteiger partial charge in [-0.3, -0.25) is 0 Å². The lowest BCUT2D eigenvalue weighted by Crippen LogP contribution is -2.35. The van der Waals surface area contributed by atoms with Crippen LogP contribution >= 0.6 is 0 Å². The lowest BCUT2D eigenvalue weighted by Gasteiger charge is -2.33. The van der Waals surface area contributed by atoms with Crippen molar-refractivity contribution in [3.05, 3.63) is 0 Å². The highest BCUT2D eigenvalue weighted by molar-refractivity contribution is 4.77. The van der Waals surface area contributed by atoms with Gasteiger partial charge in [-0.25, -0.2) is 9.78 Å². The summed E-state index contributed by atoms with van der Waals surface area (Å²) in [6.45, 7) is 5.07. The molecular weight excluding hydrogens is 128 g/mol. The maximum atomic E-state index is 5.26. The Morgan fingerprint density at radius 1 is 1.30 bits per heavy atom. The molecule has 2 heteroatoms. The lowest BCUT2D eigenvalue weighted by molar-refractivity contribution is -0.385. The summed E-state index contributed by atoms with van der Waals surface area (Å²) >= 11 is 0. The standard InChI is InChI=1S/C8H16O2/c1-3-8(4-2)6-5-7-9-10-8/h3-7H2,1-2H3. The summed E-state index contributed by atoms with van der Waals surface area (Å²) in [6.07, 6.45) is 4.41. The second-order valence-corrected chi connectivity index (χ2v) is 2.90. The first-order valence-electron chi connectivity index (χ1n) is 4.13. The topological polar surface area (TPSA) is 18.5 Å². The third kappa shape index (κ3) is 1.50. The summed E-state index contributed by atoms with van der Waals surface area (Å²) in [5.41, 5.74) is 0.0399. The second kappa shape index (κ2) is 3.35. The molecule has 1 heterocycles. The van der Waals surface area contributed by atoms with Gasteiger partial charge in [0.2, 0.25) is 0 Å². The van der Waals surface area contributed by atoms with E-state index in [4.69, 9.17) is 9.78 Å². The van der Waals surface area contributed by atoms with E-state index in [1.807, 2.05) is 0 Å². The van der Waals surface area contributed by atoms with E-state index >= 15 is 0 Å². The fraction of sp³-hybridized carbons (Fsp3) is 1.00. The maximum Gasteiger partial charge on any atom is 0.103 e. The SMILES string of the molecule is CCC1(CC)CCCOO1. The van der Waals surface area contributed by atoms with E-state index in [0.717, 1.165) is 32.3 Å². The summed E-state index contributed by atoms with van der Waals surface area (Å²) in [7, 11) is 0. The highest BCUT2D eigenvalue weighted by Crippen LogP contribution is 2.29. The molecule has 1 rings (SSSR count). The molecule has 1 aliphatic rings. The molecule has 0 bridgehead atoms. The van der Waals surface area contributed by atoms with Gasteiger partial charge in [0.05, 0.1) is 6.61 Å². The Balaban J connectivity index is 2.44. The van der Waals surface area contributed by atoms with Gasteiger partial charge in [-0.05, 0) is 25.7 Å². The fourth-order valence-corrected chi connectivity index (χ4v) is 1.38. The van der Waals surface area contributed by atoms with Gasteiger partial charge in [-0.15, -0.1) is 0 Å². The minimum atomic E-state index is 0.0399. The zero-order valence-electron chi connectivity index (χ0n) is 6.85. The molecule has 2 nitrogen and oxygen atoms in total. The quantitative estimate of drug-likeness (QED) is 0.553. The van der Waals surface area contributed by atoms with Gasteiger partial charge >= 0.3 is 0 Å². The zero-order chi connectivity index (χ0) is 7.45. The van der Waals surface area contributed by atoms with Crippen LogP contribution in [0.2, 0.25) is 0 Å². The van der Waals surface area contributed by atoms with Gasteiger partial charge in [-0.1, -0.05) is 13.8 Å². The van der Waals surface area contributed by atoms with Crippen LogP contribution in [0.1, 0.15) is 39.5 Å². The zero-order valence-corrected chi connectivity index (χ0v) is 6.85. The maximum absolute atomic E-state index is 5.26. The van der Waals surface area contributed by atoms with Crippen molar-refractivity contribution in [2.24, 2.45) is 0 Å². The molecule has 0 aromatic heterocycles. The largest absolute Gasteiger partial charge is 0.236 e.